The van der Waals surface area contributed by atoms with Gasteiger partial charge in [-0.15, -0.1) is 0 Å². The van der Waals surface area contributed by atoms with Crippen molar-refractivity contribution in [2.24, 2.45) is 0 Å². The molecule has 2 aliphatic heterocycles. The maximum atomic E-state index is 10.2. The highest BCUT2D eigenvalue weighted by Crippen LogP contribution is 2.36. The molecule has 0 amide bonds. The van der Waals surface area contributed by atoms with E-state index in [2.05, 4.69) is 19.9 Å². The fourth-order valence-corrected chi connectivity index (χ4v) is 2.95. The van der Waals surface area contributed by atoms with Gasteiger partial charge in [-0.2, -0.15) is 0 Å². The van der Waals surface area contributed by atoms with E-state index in [4.69, 9.17) is 4.74 Å². The van der Waals surface area contributed by atoms with E-state index in [-0.39, 0.29) is 12.1 Å². The minimum Gasteiger partial charge on any atom is -0.475 e. The summed E-state index contributed by atoms with van der Waals surface area (Å²) in [6, 6.07) is 1.80. The van der Waals surface area contributed by atoms with Crippen LogP contribution in [0.15, 0.2) is 18.6 Å². The van der Waals surface area contributed by atoms with Gasteiger partial charge in [0.2, 0.25) is 5.88 Å². The lowest BCUT2D eigenvalue weighted by molar-refractivity contribution is 0.0878. The quantitative estimate of drug-likeness (QED) is 0.751. The maximum absolute atomic E-state index is 10.2. The Morgan fingerprint density at radius 2 is 2.26 bits per heavy atom. The average molecular weight is 258 g/mol. The summed E-state index contributed by atoms with van der Waals surface area (Å²) < 4.78 is 5.77. The Balaban J connectivity index is 1.96. The lowest BCUT2D eigenvalue weighted by Crippen LogP contribution is -2.51. The number of nitrogens with zero attached hydrogens (tertiary/aromatic N) is 4. The van der Waals surface area contributed by atoms with Crippen LogP contribution in [0.2, 0.25) is 0 Å². The molecule has 2 aromatic heterocycles. The third-order valence-electron chi connectivity index (χ3n) is 3.90. The highest BCUT2D eigenvalue weighted by molar-refractivity contribution is 5.94. The molecule has 1 N–H and O–H groups in total. The van der Waals surface area contributed by atoms with E-state index >= 15 is 0 Å². The molecule has 4 heterocycles. The molecule has 6 nitrogen and oxygen atoms in total. The Morgan fingerprint density at radius 3 is 3.21 bits per heavy atom. The zero-order valence-corrected chi connectivity index (χ0v) is 10.4. The van der Waals surface area contributed by atoms with E-state index in [1.165, 1.54) is 0 Å². The first-order valence-corrected chi connectivity index (χ1v) is 6.52. The number of piperidine rings is 1. The molecule has 2 aliphatic rings. The van der Waals surface area contributed by atoms with Crippen LogP contribution < -0.4 is 9.64 Å². The number of aliphatic hydroxyl groups excluding tert-OH is 1. The molecule has 0 aromatic carbocycles. The smallest absolute Gasteiger partial charge is 0.226 e. The molecule has 6 heteroatoms. The topological polar surface area (TPSA) is 71.4 Å². The molecule has 4 rings (SSSR count). The molecule has 19 heavy (non-hydrogen) atoms. The zero-order valence-electron chi connectivity index (χ0n) is 10.4. The minimum absolute atomic E-state index is 0.0546. The molecule has 2 atom stereocenters. The summed E-state index contributed by atoms with van der Waals surface area (Å²) in [6.07, 6.45) is 4.63. The van der Waals surface area contributed by atoms with Crippen molar-refractivity contribution in [3.05, 3.63) is 18.6 Å². The molecule has 1 saturated heterocycles. The Kier molecular flexibility index (Phi) is 2.32. The van der Waals surface area contributed by atoms with Crippen molar-refractivity contribution < 1.29 is 9.84 Å². The summed E-state index contributed by atoms with van der Waals surface area (Å²) in [6.45, 7) is 1.31. The Morgan fingerprint density at radius 1 is 1.32 bits per heavy atom. The Hall–Kier alpha value is -1.95. The molecule has 0 saturated carbocycles. The fraction of sp³-hybridized carbons (Fsp3) is 0.462. The van der Waals surface area contributed by atoms with Crippen molar-refractivity contribution in [2.75, 3.05) is 18.1 Å². The van der Waals surface area contributed by atoms with E-state index in [0.29, 0.717) is 12.5 Å². The highest BCUT2D eigenvalue weighted by Gasteiger charge is 2.35. The number of aliphatic hydroxyl groups is 1. The minimum atomic E-state index is -0.381. The van der Waals surface area contributed by atoms with E-state index in [1.807, 2.05) is 6.07 Å². The van der Waals surface area contributed by atoms with Gasteiger partial charge in [0.15, 0.2) is 0 Å². The number of fused-ring (bicyclic) bond motifs is 2. The van der Waals surface area contributed by atoms with Gasteiger partial charge in [-0.05, 0) is 18.9 Å². The lowest BCUT2D eigenvalue weighted by Gasteiger charge is -2.38. The van der Waals surface area contributed by atoms with Crippen LogP contribution in [-0.2, 0) is 0 Å². The van der Waals surface area contributed by atoms with Crippen LogP contribution in [0.5, 0.6) is 5.88 Å². The number of hydrogen-bond donors (Lipinski definition) is 1. The number of hydrogen-bond acceptors (Lipinski definition) is 6. The first-order valence-electron chi connectivity index (χ1n) is 6.52. The summed E-state index contributed by atoms with van der Waals surface area (Å²) in [5, 5.41) is 11.0. The van der Waals surface area contributed by atoms with Gasteiger partial charge >= 0.3 is 0 Å². The summed E-state index contributed by atoms with van der Waals surface area (Å²) in [5.41, 5.74) is 0.829. The van der Waals surface area contributed by atoms with E-state index in [0.717, 1.165) is 36.1 Å². The molecule has 0 bridgehead atoms. The normalized spacial score (nSPS) is 25.6. The SMILES string of the molecule is OC1CCCN2c3ncnc4ccnc(c34)OCC12. The van der Waals surface area contributed by atoms with Crippen molar-refractivity contribution >= 4 is 16.7 Å². The summed E-state index contributed by atoms with van der Waals surface area (Å²) in [5.74, 6) is 1.39. The predicted octanol–water partition coefficient (Wildman–Crippen LogP) is 0.747. The number of anilines is 1. The van der Waals surface area contributed by atoms with E-state index < -0.39 is 0 Å². The second-order valence-electron chi connectivity index (χ2n) is 4.99. The van der Waals surface area contributed by atoms with Crippen LogP contribution >= 0.6 is 0 Å². The first-order chi connectivity index (χ1) is 9.34. The zero-order chi connectivity index (χ0) is 12.8. The van der Waals surface area contributed by atoms with E-state index in [9.17, 15) is 5.11 Å². The molecule has 0 spiro atoms. The van der Waals surface area contributed by atoms with Crippen molar-refractivity contribution in [3.63, 3.8) is 0 Å². The lowest BCUT2D eigenvalue weighted by atomic mass is 9.99. The average Bonchev–Trinajstić information content (AvgIpc) is 2.60. The van der Waals surface area contributed by atoms with Gasteiger partial charge in [0.05, 0.1) is 17.7 Å². The van der Waals surface area contributed by atoms with Gasteiger partial charge < -0.3 is 14.7 Å². The monoisotopic (exact) mass is 258 g/mol. The van der Waals surface area contributed by atoms with Crippen LogP contribution in [0.4, 0.5) is 5.82 Å². The highest BCUT2D eigenvalue weighted by atomic mass is 16.5. The van der Waals surface area contributed by atoms with Crippen LogP contribution in [0, 0.1) is 0 Å². The van der Waals surface area contributed by atoms with Gasteiger partial charge in [-0.1, -0.05) is 0 Å². The van der Waals surface area contributed by atoms with Crippen molar-refractivity contribution in [3.8, 4) is 5.88 Å². The molecule has 1 fully saturated rings. The molecule has 2 unspecified atom stereocenters. The van der Waals surface area contributed by atoms with Gasteiger partial charge in [0.25, 0.3) is 0 Å². The molecular weight excluding hydrogens is 244 g/mol. The van der Waals surface area contributed by atoms with Crippen LogP contribution in [0.3, 0.4) is 0 Å². The number of aromatic nitrogens is 3. The molecule has 0 aliphatic carbocycles. The summed E-state index contributed by atoms with van der Waals surface area (Å²) in [4.78, 5) is 15.1. The largest absolute Gasteiger partial charge is 0.475 e. The third-order valence-corrected chi connectivity index (χ3v) is 3.90. The van der Waals surface area contributed by atoms with Crippen molar-refractivity contribution in [1.29, 1.82) is 0 Å². The molecule has 98 valence electrons. The molecular formula is C13H14N4O2. The second kappa shape index (κ2) is 4.03. The predicted molar refractivity (Wildman–Crippen MR) is 69.2 cm³/mol. The van der Waals surface area contributed by atoms with E-state index in [1.54, 1.807) is 12.5 Å². The van der Waals surface area contributed by atoms with Gasteiger partial charge in [-0.3, -0.25) is 0 Å². The standard InChI is InChI=1S/C13H14N4O2/c18-10-2-1-5-17-9(10)6-19-13-11-8(3-4-14-13)15-7-16-12(11)17/h3-4,7,9-10,18H,1-2,5-6H2. The van der Waals surface area contributed by atoms with Crippen LogP contribution in [0.25, 0.3) is 10.9 Å². The number of pyridine rings is 1. The van der Waals surface area contributed by atoms with Crippen LogP contribution in [0.1, 0.15) is 12.8 Å². The van der Waals surface area contributed by atoms with Gasteiger partial charge in [0, 0.05) is 12.7 Å². The Bertz CT molecular complexity index is 628. The fourth-order valence-electron chi connectivity index (χ4n) is 2.95. The van der Waals surface area contributed by atoms with Gasteiger partial charge in [-0.25, -0.2) is 15.0 Å². The van der Waals surface area contributed by atoms with Crippen molar-refractivity contribution in [2.45, 2.75) is 25.0 Å². The number of ether oxygens (including phenoxy) is 1. The van der Waals surface area contributed by atoms with Gasteiger partial charge in [0.1, 0.15) is 24.1 Å². The molecule has 2 aromatic rings. The van der Waals surface area contributed by atoms with Crippen LogP contribution in [-0.4, -0.2) is 45.4 Å². The summed E-state index contributed by atoms with van der Waals surface area (Å²) >= 11 is 0. The second-order valence-corrected chi connectivity index (χ2v) is 4.99. The maximum Gasteiger partial charge on any atom is 0.226 e. The van der Waals surface area contributed by atoms with Crippen molar-refractivity contribution in [1.82, 2.24) is 15.0 Å². The summed E-state index contributed by atoms with van der Waals surface area (Å²) in [7, 11) is 0. The third kappa shape index (κ3) is 1.56. The number of rotatable bonds is 0. The Labute approximate surface area is 110 Å². The first kappa shape index (κ1) is 10.9. The molecule has 0 radical (unpaired) electrons.